The van der Waals surface area contributed by atoms with Crippen LogP contribution in [0.2, 0.25) is 0 Å². The number of nitrogens with zero attached hydrogens (tertiary/aromatic N) is 1. The van der Waals surface area contributed by atoms with Crippen LogP contribution in [-0.4, -0.2) is 10.9 Å². The minimum Gasteiger partial charge on any atom is -0.419 e. The number of ether oxygens (including phenoxy) is 1. The van der Waals surface area contributed by atoms with Gasteiger partial charge >= 0.3 is 11.7 Å². The second kappa shape index (κ2) is 5.51. The summed E-state index contributed by atoms with van der Waals surface area (Å²) in [5.41, 5.74) is 0.397. The van der Waals surface area contributed by atoms with Gasteiger partial charge in [0.25, 0.3) is 0 Å². The quantitative estimate of drug-likeness (QED) is 0.278. The molecule has 1 aliphatic carbocycles. The maximum atomic E-state index is 13.3. The highest BCUT2D eigenvalue weighted by atomic mass is 19.1. The molecule has 1 aromatic carbocycles. The highest BCUT2D eigenvalue weighted by molar-refractivity contribution is 5.81. The molecule has 0 unspecified atom stereocenters. The van der Waals surface area contributed by atoms with Crippen molar-refractivity contribution in [3.05, 3.63) is 45.8 Å². The Hall–Kier alpha value is -2.24. The summed E-state index contributed by atoms with van der Waals surface area (Å²) in [6.07, 6.45) is 1.99. The van der Waals surface area contributed by atoms with Crippen LogP contribution in [0.3, 0.4) is 0 Å². The monoisotopic (exact) mass is 307 g/mol. The molecule has 22 heavy (non-hydrogen) atoms. The van der Waals surface area contributed by atoms with Gasteiger partial charge < -0.3 is 4.74 Å². The van der Waals surface area contributed by atoms with Crippen molar-refractivity contribution in [1.82, 2.24) is 0 Å². The summed E-state index contributed by atoms with van der Waals surface area (Å²) in [7, 11) is 0. The molecule has 2 atom stereocenters. The van der Waals surface area contributed by atoms with Crippen LogP contribution in [-0.2, 0) is 4.79 Å². The molecule has 0 spiro atoms. The van der Waals surface area contributed by atoms with E-state index in [0.717, 1.165) is 23.8 Å². The van der Waals surface area contributed by atoms with Crippen LogP contribution in [0.5, 0.6) is 5.75 Å². The van der Waals surface area contributed by atoms with Gasteiger partial charge in [0.05, 0.1) is 10.8 Å². The number of esters is 1. The van der Waals surface area contributed by atoms with Crippen molar-refractivity contribution >= 4 is 11.7 Å². The van der Waals surface area contributed by atoms with Crippen LogP contribution >= 0.6 is 0 Å². The van der Waals surface area contributed by atoms with Crippen LogP contribution in [0.1, 0.15) is 27.7 Å². The standard InChI is InChI=1S/C16H18FNO4/c1-9(2)7-11-14(16(11,3)4)15(19)22-13-8-10(17)5-6-12(13)18(20)21/h5-8,11,14H,1-4H3/t11-,14+/m1/s1. The van der Waals surface area contributed by atoms with Gasteiger partial charge in [0, 0.05) is 12.1 Å². The summed E-state index contributed by atoms with van der Waals surface area (Å²) in [5.74, 6) is -1.97. The first-order valence-electron chi connectivity index (χ1n) is 6.95. The van der Waals surface area contributed by atoms with Gasteiger partial charge in [0.15, 0.2) is 0 Å². The molecule has 0 bridgehead atoms. The molecule has 0 saturated heterocycles. The largest absolute Gasteiger partial charge is 0.419 e. The lowest BCUT2D eigenvalue weighted by molar-refractivity contribution is -0.385. The number of benzene rings is 1. The third-order valence-electron chi connectivity index (χ3n) is 4.01. The number of halogens is 1. The van der Waals surface area contributed by atoms with Crippen molar-refractivity contribution < 1.29 is 18.8 Å². The lowest BCUT2D eigenvalue weighted by atomic mass is 10.1. The predicted molar refractivity (Wildman–Crippen MR) is 78.9 cm³/mol. The molecule has 0 heterocycles. The fourth-order valence-corrected chi connectivity index (χ4v) is 2.69. The third kappa shape index (κ3) is 3.00. The fourth-order valence-electron chi connectivity index (χ4n) is 2.69. The van der Waals surface area contributed by atoms with Gasteiger partial charge in [-0.3, -0.25) is 14.9 Å². The smallest absolute Gasteiger partial charge is 0.315 e. The second-order valence-electron chi connectivity index (χ2n) is 6.36. The fraction of sp³-hybridized carbons (Fsp3) is 0.438. The van der Waals surface area contributed by atoms with E-state index in [9.17, 15) is 19.3 Å². The molecule has 1 aliphatic rings. The Morgan fingerprint density at radius 3 is 2.59 bits per heavy atom. The van der Waals surface area contributed by atoms with E-state index in [1.807, 2.05) is 33.8 Å². The minimum absolute atomic E-state index is 0.0256. The van der Waals surface area contributed by atoms with Crippen LogP contribution in [0, 0.1) is 33.2 Å². The Morgan fingerprint density at radius 1 is 1.41 bits per heavy atom. The Kier molecular flexibility index (Phi) is 4.04. The molecule has 5 nitrogen and oxygen atoms in total. The summed E-state index contributed by atoms with van der Waals surface area (Å²) in [6.45, 7) is 7.74. The number of hydrogen-bond acceptors (Lipinski definition) is 4. The van der Waals surface area contributed by atoms with Crippen molar-refractivity contribution in [3.63, 3.8) is 0 Å². The topological polar surface area (TPSA) is 69.4 Å². The molecule has 1 fully saturated rings. The summed E-state index contributed by atoms with van der Waals surface area (Å²) >= 11 is 0. The molecular formula is C16H18FNO4. The van der Waals surface area contributed by atoms with E-state index in [4.69, 9.17) is 4.74 Å². The molecule has 6 heteroatoms. The van der Waals surface area contributed by atoms with Crippen LogP contribution in [0.25, 0.3) is 0 Å². The SMILES string of the molecule is CC(C)=C[C@@H]1[C@@H](C(=O)Oc2cc(F)ccc2[N+](=O)[O-])C1(C)C. The highest BCUT2D eigenvalue weighted by Crippen LogP contribution is 2.59. The Labute approximate surface area is 127 Å². The summed E-state index contributed by atoms with van der Waals surface area (Å²) < 4.78 is 18.4. The molecule has 0 aromatic heterocycles. The first-order valence-corrected chi connectivity index (χ1v) is 6.95. The van der Waals surface area contributed by atoms with E-state index in [2.05, 4.69) is 0 Å². The normalized spacial score (nSPS) is 21.9. The van der Waals surface area contributed by atoms with Crippen LogP contribution in [0.15, 0.2) is 29.8 Å². The molecule has 0 radical (unpaired) electrons. The molecule has 0 amide bonds. The molecule has 0 N–H and O–H groups in total. The van der Waals surface area contributed by atoms with Gasteiger partial charge in [-0.1, -0.05) is 25.5 Å². The van der Waals surface area contributed by atoms with E-state index in [1.54, 1.807) is 0 Å². The summed E-state index contributed by atoms with van der Waals surface area (Å²) in [6, 6.07) is 2.81. The van der Waals surface area contributed by atoms with Crippen molar-refractivity contribution in [2.75, 3.05) is 0 Å². The maximum Gasteiger partial charge on any atom is 0.315 e. The van der Waals surface area contributed by atoms with Gasteiger partial charge in [-0.15, -0.1) is 0 Å². The predicted octanol–water partition coefficient (Wildman–Crippen LogP) is 3.88. The van der Waals surface area contributed by atoms with E-state index in [0.29, 0.717) is 0 Å². The zero-order valence-electron chi connectivity index (χ0n) is 12.9. The molecule has 118 valence electrons. The number of carbonyl (C=O) groups excluding carboxylic acids is 1. The second-order valence-corrected chi connectivity index (χ2v) is 6.36. The Morgan fingerprint density at radius 2 is 2.05 bits per heavy atom. The lowest BCUT2D eigenvalue weighted by Crippen LogP contribution is -2.15. The molecule has 1 saturated carbocycles. The van der Waals surface area contributed by atoms with Crippen molar-refractivity contribution in [2.24, 2.45) is 17.3 Å². The van der Waals surface area contributed by atoms with Crippen LogP contribution in [0.4, 0.5) is 10.1 Å². The molecule has 1 aromatic rings. The number of allylic oxidation sites excluding steroid dienone is 2. The average Bonchev–Trinajstić information content (AvgIpc) is 2.89. The van der Waals surface area contributed by atoms with E-state index >= 15 is 0 Å². The maximum absolute atomic E-state index is 13.3. The third-order valence-corrected chi connectivity index (χ3v) is 4.01. The van der Waals surface area contributed by atoms with E-state index in [1.165, 1.54) is 0 Å². The van der Waals surface area contributed by atoms with Crippen molar-refractivity contribution in [3.8, 4) is 5.75 Å². The van der Waals surface area contributed by atoms with Crippen LogP contribution < -0.4 is 4.74 Å². The van der Waals surface area contributed by atoms with Gasteiger partial charge in [0.1, 0.15) is 5.82 Å². The Bertz CT molecular complexity index is 662. The number of nitro groups is 1. The van der Waals surface area contributed by atoms with Gasteiger partial charge in [-0.25, -0.2) is 4.39 Å². The lowest BCUT2D eigenvalue weighted by Gasteiger charge is -2.06. The first kappa shape index (κ1) is 16.1. The number of rotatable bonds is 4. The molecule has 2 rings (SSSR count). The van der Waals surface area contributed by atoms with Gasteiger partial charge in [0.2, 0.25) is 5.75 Å². The van der Waals surface area contributed by atoms with Gasteiger partial charge in [-0.05, 0) is 31.2 Å². The minimum atomic E-state index is -0.701. The van der Waals surface area contributed by atoms with E-state index in [-0.39, 0.29) is 23.0 Å². The zero-order valence-corrected chi connectivity index (χ0v) is 12.9. The highest BCUT2D eigenvalue weighted by Gasteiger charge is 2.61. The van der Waals surface area contributed by atoms with Crippen molar-refractivity contribution in [2.45, 2.75) is 27.7 Å². The van der Waals surface area contributed by atoms with E-state index < -0.39 is 22.4 Å². The number of carbonyl (C=O) groups is 1. The zero-order chi connectivity index (χ0) is 16.7. The number of hydrogen-bond donors (Lipinski definition) is 0. The van der Waals surface area contributed by atoms with Gasteiger partial charge in [-0.2, -0.15) is 0 Å². The Balaban J connectivity index is 2.22. The van der Waals surface area contributed by atoms with Crippen molar-refractivity contribution in [1.29, 1.82) is 0 Å². The summed E-state index contributed by atoms with van der Waals surface area (Å²) in [5, 5.41) is 10.9. The summed E-state index contributed by atoms with van der Waals surface area (Å²) in [4.78, 5) is 22.5. The average molecular weight is 307 g/mol. The first-order chi connectivity index (χ1) is 10.1. The molecule has 0 aliphatic heterocycles. The number of nitro benzene ring substituents is 1. The molecular weight excluding hydrogens is 289 g/mol.